The van der Waals surface area contributed by atoms with Gasteiger partial charge in [0, 0.05) is 39.4 Å². The largest absolute Gasteiger partial charge is 0.348 e. The molecular formula is C22H15BrClN3O. The maximum atomic E-state index is 13.0. The molecule has 0 atom stereocenters. The van der Waals surface area contributed by atoms with Crippen molar-refractivity contribution in [3.05, 3.63) is 93.7 Å². The van der Waals surface area contributed by atoms with Crippen LogP contribution in [0.2, 0.25) is 5.02 Å². The van der Waals surface area contributed by atoms with Gasteiger partial charge in [-0.3, -0.25) is 9.78 Å². The van der Waals surface area contributed by atoms with Gasteiger partial charge in [-0.05, 0) is 48.0 Å². The monoisotopic (exact) mass is 451 g/mol. The van der Waals surface area contributed by atoms with E-state index in [1.54, 1.807) is 18.5 Å². The highest BCUT2D eigenvalue weighted by Gasteiger charge is 2.15. The zero-order valence-corrected chi connectivity index (χ0v) is 17.0. The number of carbonyl (C=O) groups is 1. The minimum atomic E-state index is -0.185. The molecule has 138 valence electrons. The lowest BCUT2D eigenvalue weighted by atomic mass is 10.0. The van der Waals surface area contributed by atoms with Crippen LogP contribution in [0.3, 0.4) is 0 Å². The highest BCUT2D eigenvalue weighted by atomic mass is 79.9. The minimum absolute atomic E-state index is 0.185. The maximum absolute atomic E-state index is 13.0. The van der Waals surface area contributed by atoms with E-state index in [-0.39, 0.29) is 5.91 Å². The van der Waals surface area contributed by atoms with Crippen LogP contribution < -0.4 is 5.32 Å². The van der Waals surface area contributed by atoms with Crippen LogP contribution in [0, 0.1) is 0 Å². The lowest BCUT2D eigenvalue weighted by molar-refractivity contribution is 0.0952. The number of halogens is 2. The molecular weight excluding hydrogens is 438 g/mol. The molecule has 0 aliphatic rings. The van der Waals surface area contributed by atoms with Crippen LogP contribution in [0.15, 0.2) is 77.5 Å². The Balaban J connectivity index is 1.74. The second kappa shape index (κ2) is 8.09. The lowest BCUT2D eigenvalue weighted by Gasteiger charge is -2.11. The van der Waals surface area contributed by atoms with Crippen LogP contribution >= 0.6 is 27.5 Å². The molecule has 0 fully saturated rings. The summed E-state index contributed by atoms with van der Waals surface area (Å²) in [4.78, 5) is 21.9. The second-order valence-corrected chi connectivity index (χ2v) is 7.56. The van der Waals surface area contributed by atoms with Crippen LogP contribution in [0.5, 0.6) is 0 Å². The molecule has 0 saturated carbocycles. The molecule has 1 amide bonds. The number of nitrogens with one attached hydrogen (secondary N) is 1. The Kier molecular flexibility index (Phi) is 5.37. The van der Waals surface area contributed by atoms with Crippen molar-refractivity contribution in [1.29, 1.82) is 0 Å². The summed E-state index contributed by atoms with van der Waals surface area (Å²) in [5.74, 6) is -0.185. The van der Waals surface area contributed by atoms with Gasteiger partial charge in [0.15, 0.2) is 0 Å². The van der Waals surface area contributed by atoms with Crippen LogP contribution in [0.25, 0.3) is 22.2 Å². The van der Waals surface area contributed by atoms with Gasteiger partial charge in [-0.1, -0.05) is 45.7 Å². The van der Waals surface area contributed by atoms with Gasteiger partial charge in [-0.2, -0.15) is 0 Å². The molecule has 0 aliphatic carbocycles. The highest BCUT2D eigenvalue weighted by Crippen LogP contribution is 2.27. The number of benzene rings is 2. The summed E-state index contributed by atoms with van der Waals surface area (Å²) in [6.45, 7) is 0.346. The normalized spacial score (nSPS) is 10.8. The second-order valence-electron chi connectivity index (χ2n) is 6.23. The number of rotatable bonds is 4. The number of nitrogens with zero attached hydrogens (tertiary/aromatic N) is 2. The molecule has 0 aliphatic heterocycles. The van der Waals surface area contributed by atoms with Crippen LogP contribution in [-0.2, 0) is 6.54 Å². The van der Waals surface area contributed by atoms with Crippen molar-refractivity contribution in [2.24, 2.45) is 0 Å². The molecule has 0 radical (unpaired) electrons. The molecule has 4 rings (SSSR count). The smallest absolute Gasteiger partial charge is 0.252 e. The van der Waals surface area contributed by atoms with Gasteiger partial charge in [0.1, 0.15) is 0 Å². The molecule has 0 saturated heterocycles. The molecule has 0 unspecified atom stereocenters. The molecule has 28 heavy (non-hydrogen) atoms. The van der Waals surface area contributed by atoms with Gasteiger partial charge in [-0.25, -0.2) is 4.98 Å². The van der Waals surface area contributed by atoms with Gasteiger partial charge in [0.25, 0.3) is 5.91 Å². The van der Waals surface area contributed by atoms with E-state index in [1.165, 1.54) is 0 Å². The average Bonchev–Trinajstić information content (AvgIpc) is 2.73. The van der Waals surface area contributed by atoms with Crippen molar-refractivity contribution < 1.29 is 4.79 Å². The summed E-state index contributed by atoms with van der Waals surface area (Å²) in [5, 5.41) is 4.37. The third kappa shape index (κ3) is 3.91. The molecule has 2 heterocycles. The number of amides is 1. The number of fused-ring (bicyclic) bond motifs is 1. The number of carbonyl (C=O) groups excluding carboxylic acids is 1. The molecule has 0 bridgehead atoms. The third-order valence-corrected chi connectivity index (χ3v) is 5.23. The number of pyridine rings is 2. The molecule has 1 N–H and O–H groups in total. The van der Waals surface area contributed by atoms with Crippen molar-refractivity contribution >= 4 is 44.3 Å². The van der Waals surface area contributed by atoms with Crippen LogP contribution in [0.1, 0.15) is 15.9 Å². The van der Waals surface area contributed by atoms with Crippen molar-refractivity contribution in [3.8, 4) is 11.3 Å². The van der Waals surface area contributed by atoms with E-state index in [2.05, 4.69) is 26.2 Å². The summed E-state index contributed by atoms with van der Waals surface area (Å²) in [7, 11) is 0. The maximum Gasteiger partial charge on any atom is 0.252 e. The zero-order chi connectivity index (χ0) is 19.5. The molecule has 4 aromatic rings. The summed E-state index contributed by atoms with van der Waals surface area (Å²) in [6.07, 6.45) is 3.44. The lowest BCUT2D eigenvalue weighted by Crippen LogP contribution is -2.23. The number of aromatic nitrogens is 2. The first-order valence-electron chi connectivity index (χ1n) is 8.64. The summed E-state index contributed by atoms with van der Waals surface area (Å²) < 4.78 is 0.885. The number of hydrogen-bond acceptors (Lipinski definition) is 3. The predicted octanol–water partition coefficient (Wildman–Crippen LogP) is 5.64. The standard InChI is InChI=1S/C22H15BrClN3O/c23-16-7-8-20-17(10-16)18(11-21(27-20)15-5-3-9-25-12-15)22(28)26-13-14-4-1-2-6-19(14)24/h1-12H,13H2,(H,26,28). The molecule has 6 heteroatoms. The van der Waals surface area contributed by atoms with Gasteiger partial charge in [0.2, 0.25) is 0 Å². The first-order valence-corrected chi connectivity index (χ1v) is 9.81. The quantitative estimate of drug-likeness (QED) is 0.436. The summed E-state index contributed by atoms with van der Waals surface area (Å²) in [5.41, 5.74) is 3.72. The van der Waals surface area contributed by atoms with Gasteiger partial charge >= 0.3 is 0 Å². The zero-order valence-electron chi connectivity index (χ0n) is 14.7. The van der Waals surface area contributed by atoms with Crippen molar-refractivity contribution in [1.82, 2.24) is 15.3 Å². The van der Waals surface area contributed by atoms with E-state index in [0.29, 0.717) is 22.8 Å². The fourth-order valence-electron chi connectivity index (χ4n) is 2.96. The van der Waals surface area contributed by atoms with Crippen molar-refractivity contribution in [3.63, 3.8) is 0 Å². The molecule has 2 aromatic carbocycles. The Labute approximate surface area is 175 Å². The molecule has 4 nitrogen and oxygen atoms in total. The van der Waals surface area contributed by atoms with Gasteiger partial charge < -0.3 is 5.32 Å². The van der Waals surface area contributed by atoms with E-state index in [4.69, 9.17) is 16.6 Å². The minimum Gasteiger partial charge on any atom is -0.348 e. The average molecular weight is 453 g/mol. The Morgan fingerprint density at radius 2 is 1.93 bits per heavy atom. The first-order chi connectivity index (χ1) is 13.6. The van der Waals surface area contributed by atoms with Gasteiger partial charge in [-0.15, -0.1) is 0 Å². The van der Waals surface area contributed by atoms with Crippen molar-refractivity contribution in [2.75, 3.05) is 0 Å². The fourth-order valence-corrected chi connectivity index (χ4v) is 3.52. The van der Waals surface area contributed by atoms with E-state index in [9.17, 15) is 4.79 Å². The van der Waals surface area contributed by atoms with E-state index in [0.717, 1.165) is 26.5 Å². The Hall–Kier alpha value is -2.76. The van der Waals surface area contributed by atoms with Gasteiger partial charge in [0.05, 0.1) is 16.8 Å². The SMILES string of the molecule is O=C(NCc1ccccc1Cl)c1cc(-c2cccnc2)nc2ccc(Br)cc12. The summed E-state index contributed by atoms with van der Waals surface area (Å²) >= 11 is 9.68. The summed E-state index contributed by atoms with van der Waals surface area (Å²) in [6, 6.07) is 18.7. The van der Waals surface area contributed by atoms with Crippen LogP contribution in [-0.4, -0.2) is 15.9 Å². The highest BCUT2D eigenvalue weighted by molar-refractivity contribution is 9.10. The van der Waals surface area contributed by atoms with E-state index >= 15 is 0 Å². The first kappa shape index (κ1) is 18.6. The topological polar surface area (TPSA) is 54.9 Å². The fraction of sp³-hybridized carbons (Fsp3) is 0.0455. The Morgan fingerprint density at radius 3 is 2.71 bits per heavy atom. The third-order valence-electron chi connectivity index (χ3n) is 4.37. The van der Waals surface area contributed by atoms with Crippen molar-refractivity contribution in [2.45, 2.75) is 6.54 Å². The Morgan fingerprint density at radius 1 is 1.07 bits per heavy atom. The Bertz CT molecular complexity index is 1170. The number of hydrogen-bond donors (Lipinski definition) is 1. The van der Waals surface area contributed by atoms with E-state index < -0.39 is 0 Å². The molecule has 0 spiro atoms. The van der Waals surface area contributed by atoms with E-state index in [1.807, 2.05) is 54.6 Å². The van der Waals surface area contributed by atoms with Crippen LogP contribution in [0.4, 0.5) is 0 Å². The molecule has 2 aromatic heterocycles. The predicted molar refractivity (Wildman–Crippen MR) is 115 cm³/mol.